The molecule has 3 rings (SSSR count). The first-order valence-electron chi connectivity index (χ1n) is 8.47. The zero-order valence-corrected chi connectivity index (χ0v) is 14.3. The molecule has 136 valence electrons. The Kier molecular flexibility index (Phi) is 4.89. The number of carboxylic acid groups (broad SMARTS) is 1. The molecular formula is C17H23FN4O3. The molecule has 0 aliphatic carbocycles. The lowest BCUT2D eigenvalue weighted by Gasteiger charge is -2.49. The molecule has 1 amide bonds. The summed E-state index contributed by atoms with van der Waals surface area (Å²) in [6.45, 7) is 2.11. The highest BCUT2D eigenvalue weighted by atomic mass is 19.1. The van der Waals surface area contributed by atoms with Crippen molar-refractivity contribution in [3.63, 3.8) is 0 Å². The van der Waals surface area contributed by atoms with E-state index in [1.807, 2.05) is 11.9 Å². The molecule has 1 aromatic heterocycles. The minimum Gasteiger partial charge on any atom is -0.480 e. The van der Waals surface area contributed by atoms with Gasteiger partial charge in [-0.2, -0.15) is 0 Å². The summed E-state index contributed by atoms with van der Waals surface area (Å²) < 4.78 is 14.1. The monoisotopic (exact) mass is 350 g/mol. The van der Waals surface area contributed by atoms with Crippen molar-refractivity contribution < 1.29 is 19.1 Å². The number of pyridine rings is 1. The lowest BCUT2D eigenvalue weighted by atomic mass is 9.86. The van der Waals surface area contributed by atoms with Gasteiger partial charge in [-0.3, -0.25) is 14.5 Å². The average molecular weight is 350 g/mol. The van der Waals surface area contributed by atoms with Crippen molar-refractivity contribution in [2.75, 3.05) is 44.7 Å². The zero-order chi connectivity index (χ0) is 18.0. The minimum atomic E-state index is -1.00. The molecule has 0 radical (unpaired) electrons. The van der Waals surface area contributed by atoms with Gasteiger partial charge in [-0.1, -0.05) is 0 Å². The molecule has 1 unspecified atom stereocenters. The maximum atomic E-state index is 14.1. The van der Waals surface area contributed by atoms with E-state index in [1.165, 1.54) is 11.0 Å². The Labute approximate surface area is 146 Å². The second-order valence-electron chi connectivity index (χ2n) is 6.84. The number of likely N-dealkylation sites (N-methyl/N-ethyl adjacent to an activating group) is 1. The Hall–Kier alpha value is -2.22. The van der Waals surface area contributed by atoms with Gasteiger partial charge in [0.2, 0.25) is 5.91 Å². The van der Waals surface area contributed by atoms with Crippen LogP contribution >= 0.6 is 0 Å². The molecule has 1 atom stereocenters. The molecular weight excluding hydrogens is 327 g/mol. The lowest BCUT2D eigenvalue weighted by Crippen LogP contribution is -2.61. The molecule has 0 bridgehead atoms. The molecule has 2 aliphatic heterocycles. The van der Waals surface area contributed by atoms with Crippen LogP contribution in [0.3, 0.4) is 0 Å². The molecule has 7 nitrogen and oxygen atoms in total. The van der Waals surface area contributed by atoms with E-state index >= 15 is 0 Å². The van der Waals surface area contributed by atoms with E-state index in [4.69, 9.17) is 5.11 Å². The largest absolute Gasteiger partial charge is 0.480 e. The van der Waals surface area contributed by atoms with Crippen LogP contribution in [0.2, 0.25) is 0 Å². The number of hydrogen-bond acceptors (Lipinski definition) is 5. The van der Waals surface area contributed by atoms with E-state index in [-0.39, 0.29) is 23.8 Å². The van der Waals surface area contributed by atoms with E-state index in [0.717, 1.165) is 6.54 Å². The number of carbonyl (C=O) groups is 2. The minimum absolute atomic E-state index is 0.131. The number of amides is 1. The quantitative estimate of drug-likeness (QED) is 0.869. The number of aromatic nitrogens is 1. The van der Waals surface area contributed by atoms with E-state index in [2.05, 4.69) is 9.88 Å². The summed E-state index contributed by atoms with van der Waals surface area (Å²) in [6, 6.07) is 2.97. The SMILES string of the molecule is CN1CCN(c2ncccc2F)CC12CCC(=O)N(CC(=O)O)CC2. The molecule has 8 heteroatoms. The second-order valence-corrected chi connectivity index (χ2v) is 6.84. The zero-order valence-electron chi connectivity index (χ0n) is 14.3. The van der Waals surface area contributed by atoms with E-state index in [0.29, 0.717) is 44.7 Å². The van der Waals surface area contributed by atoms with Gasteiger partial charge < -0.3 is 14.9 Å². The fourth-order valence-corrected chi connectivity index (χ4v) is 3.81. The topological polar surface area (TPSA) is 77.0 Å². The number of carbonyl (C=O) groups excluding carboxylic acids is 1. The van der Waals surface area contributed by atoms with Crippen molar-refractivity contribution in [1.82, 2.24) is 14.8 Å². The summed E-state index contributed by atoms with van der Waals surface area (Å²) in [4.78, 5) is 33.0. The van der Waals surface area contributed by atoms with Gasteiger partial charge >= 0.3 is 5.97 Å². The van der Waals surface area contributed by atoms with Crippen LogP contribution in [0.1, 0.15) is 19.3 Å². The second kappa shape index (κ2) is 6.95. The van der Waals surface area contributed by atoms with E-state index in [9.17, 15) is 14.0 Å². The third-order valence-corrected chi connectivity index (χ3v) is 5.37. The predicted molar refractivity (Wildman–Crippen MR) is 89.8 cm³/mol. The standard InChI is InChI=1S/C17H23FN4O3/c1-20-9-10-22(16-13(18)3-2-7-19-16)12-17(20)5-4-14(23)21(8-6-17)11-15(24)25/h2-3,7H,4-6,8-12H2,1H3,(H,24,25). The van der Waals surface area contributed by atoms with Crippen molar-refractivity contribution in [1.29, 1.82) is 0 Å². The van der Waals surface area contributed by atoms with Crippen molar-refractivity contribution in [2.24, 2.45) is 0 Å². The van der Waals surface area contributed by atoms with Crippen molar-refractivity contribution in [3.05, 3.63) is 24.1 Å². The number of nitrogens with zero attached hydrogens (tertiary/aromatic N) is 4. The van der Waals surface area contributed by atoms with Gasteiger partial charge in [0.25, 0.3) is 0 Å². The van der Waals surface area contributed by atoms with Crippen LogP contribution in [0, 0.1) is 5.82 Å². The van der Waals surface area contributed by atoms with Crippen molar-refractivity contribution in [3.8, 4) is 0 Å². The van der Waals surface area contributed by atoms with Crippen LogP contribution in [0.15, 0.2) is 18.3 Å². The van der Waals surface area contributed by atoms with Gasteiger partial charge in [0.05, 0.1) is 0 Å². The smallest absolute Gasteiger partial charge is 0.323 e. The number of carboxylic acids is 1. The Balaban J connectivity index is 1.80. The van der Waals surface area contributed by atoms with Crippen LogP contribution in [0.4, 0.5) is 10.2 Å². The lowest BCUT2D eigenvalue weighted by molar-refractivity contribution is -0.144. The third-order valence-electron chi connectivity index (χ3n) is 5.37. The molecule has 25 heavy (non-hydrogen) atoms. The highest BCUT2D eigenvalue weighted by Gasteiger charge is 2.43. The summed E-state index contributed by atoms with van der Waals surface area (Å²) in [6.07, 6.45) is 3.17. The molecule has 1 aromatic rings. The first-order chi connectivity index (χ1) is 11.9. The van der Waals surface area contributed by atoms with Crippen LogP contribution < -0.4 is 4.90 Å². The number of likely N-dealkylation sites (tertiary alicyclic amines) is 1. The Morgan fingerprint density at radius 1 is 1.36 bits per heavy atom. The number of aliphatic carboxylic acids is 1. The fourth-order valence-electron chi connectivity index (χ4n) is 3.81. The molecule has 0 saturated carbocycles. The van der Waals surface area contributed by atoms with E-state index in [1.54, 1.807) is 12.3 Å². The Bertz CT molecular complexity index is 671. The maximum absolute atomic E-state index is 14.1. The molecule has 1 N–H and O–H groups in total. The number of piperazine rings is 1. The van der Waals surface area contributed by atoms with Gasteiger partial charge in [0.1, 0.15) is 6.54 Å². The summed E-state index contributed by atoms with van der Waals surface area (Å²) in [5.74, 6) is -1.14. The first-order valence-corrected chi connectivity index (χ1v) is 8.47. The molecule has 2 saturated heterocycles. The van der Waals surface area contributed by atoms with Crippen molar-refractivity contribution in [2.45, 2.75) is 24.8 Å². The van der Waals surface area contributed by atoms with Crippen LogP contribution in [0.5, 0.6) is 0 Å². The molecule has 2 fully saturated rings. The van der Waals surface area contributed by atoms with Gasteiger partial charge in [-0.05, 0) is 32.0 Å². The first kappa shape index (κ1) is 17.6. The summed E-state index contributed by atoms with van der Waals surface area (Å²) in [7, 11) is 2.02. The number of rotatable bonds is 3. The molecule has 0 aromatic carbocycles. The van der Waals surface area contributed by atoms with Gasteiger partial charge in [-0.15, -0.1) is 0 Å². The van der Waals surface area contributed by atoms with Gasteiger partial charge in [0, 0.05) is 44.3 Å². The Morgan fingerprint density at radius 3 is 2.88 bits per heavy atom. The van der Waals surface area contributed by atoms with Gasteiger partial charge in [0.15, 0.2) is 11.6 Å². The van der Waals surface area contributed by atoms with Crippen molar-refractivity contribution >= 4 is 17.7 Å². The van der Waals surface area contributed by atoms with Crippen LogP contribution in [0.25, 0.3) is 0 Å². The number of anilines is 1. The average Bonchev–Trinajstić information content (AvgIpc) is 2.72. The van der Waals surface area contributed by atoms with Gasteiger partial charge in [-0.25, -0.2) is 9.37 Å². The maximum Gasteiger partial charge on any atom is 0.323 e. The molecule has 3 heterocycles. The molecule has 1 spiro atoms. The highest BCUT2D eigenvalue weighted by Crippen LogP contribution is 2.34. The number of hydrogen-bond donors (Lipinski definition) is 1. The predicted octanol–water partition coefficient (Wildman–Crippen LogP) is 0.808. The number of halogens is 1. The van der Waals surface area contributed by atoms with Crippen LogP contribution in [-0.4, -0.2) is 77.1 Å². The highest BCUT2D eigenvalue weighted by molar-refractivity contribution is 5.81. The summed E-state index contributed by atoms with van der Waals surface area (Å²) in [5.41, 5.74) is -0.287. The van der Waals surface area contributed by atoms with E-state index < -0.39 is 5.97 Å². The summed E-state index contributed by atoms with van der Waals surface area (Å²) in [5, 5.41) is 8.99. The summed E-state index contributed by atoms with van der Waals surface area (Å²) >= 11 is 0. The normalized spacial score (nSPS) is 25.3. The third kappa shape index (κ3) is 3.58. The molecule has 2 aliphatic rings. The Morgan fingerprint density at radius 2 is 2.16 bits per heavy atom. The van der Waals surface area contributed by atoms with Crippen LogP contribution in [-0.2, 0) is 9.59 Å². The fraction of sp³-hybridized carbons (Fsp3) is 0.588.